The van der Waals surface area contributed by atoms with Crippen molar-refractivity contribution in [3.63, 3.8) is 0 Å². The molecular weight excluding hydrogens is 310 g/mol. The Balaban J connectivity index is 2.25. The van der Waals surface area contributed by atoms with Crippen LogP contribution in [0.4, 0.5) is 31.5 Å². The largest absolute Gasteiger partial charge is 0.326 e. The molecule has 0 aliphatic heterocycles. The van der Waals surface area contributed by atoms with Crippen LogP contribution in [0.3, 0.4) is 0 Å². The highest BCUT2D eigenvalue weighted by Crippen LogP contribution is 2.28. The van der Waals surface area contributed by atoms with Gasteiger partial charge in [0.15, 0.2) is 17.3 Å². The van der Waals surface area contributed by atoms with Crippen LogP contribution in [0.25, 0.3) is 0 Å². The molecule has 0 aliphatic carbocycles. The number of hydrogen-bond donors (Lipinski definition) is 1. The van der Waals surface area contributed by atoms with Crippen molar-refractivity contribution in [3.05, 3.63) is 58.1 Å². The second-order valence-electron chi connectivity index (χ2n) is 4.44. The molecule has 0 fully saturated rings. The number of amides is 1. The zero-order valence-electron chi connectivity index (χ0n) is 11.8. The number of anilines is 1. The Morgan fingerprint density at radius 2 is 1.70 bits per heavy atom. The molecule has 0 aromatic heterocycles. The molecule has 1 amide bonds. The number of halogens is 2. The highest BCUT2D eigenvalue weighted by atomic mass is 19.1. The van der Waals surface area contributed by atoms with Crippen LogP contribution in [-0.2, 0) is 4.79 Å². The molecule has 0 saturated carbocycles. The average Bonchev–Trinajstić information content (AvgIpc) is 2.46. The molecule has 0 heterocycles. The second kappa shape index (κ2) is 6.69. The first-order valence-electron chi connectivity index (χ1n) is 6.29. The number of benzene rings is 2. The van der Waals surface area contributed by atoms with Crippen LogP contribution in [0.5, 0.6) is 0 Å². The van der Waals surface area contributed by atoms with E-state index < -0.39 is 28.2 Å². The summed E-state index contributed by atoms with van der Waals surface area (Å²) in [5, 5.41) is 19.8. The van der Waals surface area contributed by atoms with Gasteiger partial charge in [-0.05, 0) is 24.3 Å². The number of non-ortho nitro benzene ring substituents is 1. The highest BCUT2D eigenvalue weighted by Gasteiger charge is 2.12. The van der Waals surface area contributed by atoms with Crippen molar-refractivity contribution in [1.82, 2.24) is 0 Å². The molecule has 2 rings (SSSR count). The predicted octanol–water partition coefficient (Wildman–Crippen LogP) is 4.25. The third-order valence-corrected chi connectivity index (χ3v) is 2.66. The van der Waals surface area contributed by atoms with Crippen molar-refractivity contribution in [2.24, 2.45) is 10.2 Å². The van der Waals surface area contributed by atoms with Gasteiger partial charge in [-0.1, -0.05) is 0 Å². The lowest BCUT2D eigenvalue weighted by atomic mass is 10.2. The van der Waals surface area contributed by atoms with Crippen LogP contribution >= 0.6 is 0 Å². The van der Waals surface area contributed by atoms with Crippen molar-refractivity contribution in [2.45, 2.75) is 6.92 Å². The quantitative estimate of drug-likeness (QED) is 0.518. The van der Waals surface area contributed by atoms with Gasteiger partial charge >= 0.3 is 0 Å². The van der Waals surface area contributed by atoms with Crippen LogP contribution in [0.15, 0.2) is 46.6 Å². The summed E-state index contributed by atoms with van der Waals surface area (Å²) in [6.07, 6.45) is 0. The first-order chi connectivity index (χ1) is 10.9. The maximum Gasteiger partial charge on any atom is 0.269 e. The van der Waals surface area contributed by atoms with E-state index in [1.807, 2.05) is 0 Å². The van der Waals surface area contributed by atoms with E-state index in [4.69, 9.17) is 0 Å². The van der Waals surface area contributed by atoms with E-state index in [0.29, 0.717) is 0 Å². The summed E-state index contributed by atoms with van der Waals surface area (Å²) < 4.78 is 27.6. The maximum absolute atomic E-state index is 13.8. The molecule has 0 saturated heterocycles. The molecule has 9 heteroatoms. The molecule has 23 heavy (non-hydrogen) atoms. The van der Waals surface area contributed by atoms with Gasteiger partial charge in [-0.3, -0.25) is 14.9 Å². The first-order valence-corrected chi connectivity index (χ1v) is 6.29. The minimum absolute atomic E-state index is 0.0400. The molecule has 0 aliphatic rings. The van der Waals surface area contributed by atoms with Gasteiger partial charge in [0.25, 0.3) is 5.69 Å². The van der Waals surface area contributed by atoms with Gasteiger partial charge in [-0.25, -0.2) is 8.78 Å². The summed E-state index contributed by atoms with van der Waals surface area (Å²) in [4.78, 5) is 20.8. The van der Waals surface area contributed by atoms with Gasteiger partial charge in [-0.15, -0.1) is 5.11 Å². The zero-order valence-corrected chi connectivity index (χ0v) is 11.8. The third kappa shape index (κ3) is 4.13. The summed E-state index contributed by atoms with van der Waals surface area (Å²) in [5.74, 6) is -2.47. The molecular formula is C14H10F2N4O3. The molecule has 0 spiro atoms. The van der Waals surface area contributed by atoms with E-state index in [9.17, 15) is 23.7 Å². The summed E-state index contributed by atoms with van der Waals surface area (Å²) in [6.45, 7) is 1.21. The van der Waals surface area contributed by atoms with Crippen LogP contribution < -0.4 is 5.32 Å². The van der Waals surface area contributed by atoms with Gasteiger partial charge in [0, 0.05) is 24.7 Å². The molecule has 118 valence electrons. The minimum Gasteiger partial charge on any atom is -0.326 e. The van der Waals surface area contributed by atoms with E-state index in [-0.39, 0.29) is 17.1 Å². The Morgan fingerprint density at radius 1 is 1.13 bits per heavy atom. The number of azo groups is 1. The van der Waals surface area contributed by atoms with Crippen molar-refractivity contribution in [3.8, 4) is 0 Å². The fourth-order valence-electron chi connectivity index (χ4n) is 1.69. The number of nitrogens with zero attached hydrogens (tertiary/aromatic N) is 3. The monoisotopic (exact) mass is 320 g/mol. The average molecular weight is 320 g/mol. The number of carbonyl (C=O) groups is 1. The van der Waals surface area contributed by atoms with Crippen LogP contribution in [0, 0.1) is 21.7 Å². The lowest BCUT2D eigenvalue weighted by Gasteiger charge is -2.04. The zero-order chi connectivity index (χ0) is 17.0. The van der Waals surface area contributed by atoms with Crippen molar-refractivity contribution in [1.29, 1.82) is 0 Å². The predicted molar refractivity (Wildman–Crippen MR) is 77.9 cm³/mol. The summed E-state index contributed by atoms with van der Waals surface area (Å²) >= 11 is 0. The second-order valence-corrected chi connectivity index (χ2v) is 4.44. The fourth-order valence-corrected chi connectivity index (χ4v) is 1.69. The van der Waals surface area contributed by atoms with Crippen LogP contribution in [0.2, 0.25) is 0 Å². The number of rotatable bonds is 4. The van der Waals surface area contributed by atoms with E-state index in [1.54, 1.807) is 0 Å². The third-order valence-electron chi connectivity index (χ3n) is 2.66. The van der Waals surface area contributed by atoms with E-state index in [2.05, 4.69) is 15.5 Å². The first kappa shape index (κ1) is 16.1. The van der Waals surface area contributed by atoms with Crippen LogP contribution in [0.1, 0.15) is 6.92 Å². The van der Waals surface area contributed by atoms with Gasteiger partial charge in [0.1, 0.15) is 0 Å². The van der Waals surface area contributed by atoms with Crippen LogP contribution in [-0.4, -0.2) is 10.8 Å². The fraction of sp³-hybridized carbons (Fsp3) is 0.0714. The Hall–Kier alpha value is -3.23. The highest BCUT2D eigenvalue weighted by molar-refractivity contribution is 5.88. The lowest BCUT2D eigenvalue weighted by Crippen LogP contribution is -2.06. The summed E-state index contributed by atoms with van der Waals surface area (Å²) in [5.41, 5.74) is -0.611. The normalized spacial score (nSPS) is 10.7. The SMILES string of the molecule is CC(=O)Nc1cc(F)c(N=Nc2ccc([N+](=O)[O-])cc2)c(F)c1. The standard InChI is InChI=1S/C14H10F2N4O3/c1-8(21)17-10-6-12(15)14(13(16)7-10)19-18-9-2-4-11(5-3-9)20(22)23/h2-7H,1H3,(H,17,21). The summed E-state index contributed by atoms with van der Waals surface area (Å²) in [6, 6.07) is 6.80. The molecule has 7 nitrogen and oxygen atoms in total. The number of carbonyl (C=O) groups excluding carboxylic acids is 1. The Kier molecular flexibility index (Phi) is 4.69. The van der Waals surface area contributed by atoms with Gasteiger partial charge in [-0.2, -0.15) is 5.11 Å². The van der Waals surface area contributed by atoms with Gasteiger partial charge < -0.3 is 5.32 Å². The molecule has 2 aromatic rings. The van der Waals surface area contributed by atoms with Crippen molar-refractivity contribution < 1.29 is 18.5 Å². The van der Waals surface area contributed by atoms with Gasteiger partial charge in [0.2, 0.25) is 5.91 Å². The van der Waals surface area contributed by atoms with Crippen molar-refractivity contribution in [2.75, 3.05) is 5.32 Å². The molecule has 1 N–H and O–H groups in total. The van der Waals surface area contributed by atoms with E-state index in [1.165, 1.54) is 31.2 Å². The molecule has 0 bridgehead atoms. The lowest BCUT2D eigenvalue weighted by molar-refractivity contribution is -0.384. The van der Waals surface area contributed by atoms with E-state index >= 15 is 0 Å². The van der Waals surface area contributed by atoms with E-state index in [0.717, 1.165) is 12.1 Å². The molecule has 0 unspecified atom stereocenters. The summed E-state index contributed by atoms with van der Waals surface area (Å²) in [7, 11) is 0. The smallest absolute Gasteiger partial charge is 0.269 e. The maximum atomic E-state index is 13.8. The van der Waals surface area contributed by atoms with Gasteiger partial charge in [0.05, 0.1) is 10.6 Å². The van der Waals surface area contributed by atoms with Crippen molar-refractivity contribution >= 4 is 28.7 Å². The number of nitro groups is 1. The molecule has 0 radical (unpaired) electrons. The topological polar surface area (TPSA) is 97.0 Å². The Bertz CT molecular complexity index is 768. The molecule has 0 atom stereocenters. The minimum atomic E-state index is -1.00. The molecule has 2 aromatic carbocycles. The Labute approximate surface area is 128 Å². The number of nitro benzene ring substituents is 1. The number of hydrogen-bond acceptors (Lipinski definition) is 5. The Morgan fingerprint density at radius 3 is 2.17 bits per heavy atom. The number of nitrogens with one attached hydrogen (secondary N) is 1.